The number of hydrogen-bond acceptors (Lipinski definition) is 5. The second-order valence-corrected chi connectivity index (χ2v) is 7.19. The molecule has 6 nitrogen and oxygen atoms in total. The highest BCUT2D eigenvalue weighted by molar-refractivity contribution is 5.90. The first-order chi connectivity index (χ1) is 12.8. The number of carbonyl (C=O) groups is 1. The van der Waals surface area contributed by atoms with Crippen molar-refractivity contribution in [2.45, 2.75) is 33.3 Å². The molecule has 3 aromatic rings. The Balaban J connectivity index is 1.80. The number of hydrogen-bond donors (Lipinski definition) is 1. The largest absolute Gasteiger partial charge is 0.444 e. The third kappa shape index (κ3) is 5.34. The predicted molar refractivity (Wildman–Crippen MR) is 107 cm³/mol. The van der Waals surface area contributed by atoms with Crippen LogP contribution in [-0.2, 0) is 4.74 Å². The van der Waals surface area contributed by atoms with Crippen LogP contribution in [0.4, 0.5) is 10.5 Å². The lowest BCUT2D eigenvalue weighted by molar-refractivity contribution is 0.0636. The molecule has 0 fully saturated rings. The molecule has 2 aromatic heterocycles. The van der Waals surface area contributed by atoms with E-state index in [1.54, 1.807) is 12.4 Å². The zero-order valence-electron chi connectivity index (χ0n) is 15.9. The Morgan fingerprint density at radius 3 is 2.67 bits per heavy atom. The maximum Gasteiger partial charge on any atom is 0.412 e. The van der Waals surface area contributed by atoms with E-state index in [1.165, 1.54) is 0 Å². The molecular weight excluding hydrogens is 340 g/mol. The Bertz CT molecular complexity index is 1010. The van der Waals surface area contributed by atoms with Gasteiger partial charge in [0.15, 0.2) is 5.82 Å². The van der Waals surface area contributed by atoms with E-state index < -0.39 is 11.7 Å². The number of amides is 1. The highest BCUT2D eigenvalue weighted by Gasteiger charge is 2.16. The fraction of sp³-hybridized carbons (Fsp3) is 0.238. The Kier molecular flexibility index (Phi) is 5.16. The molecule has 1 N–H and O–H groups in total. The van der Waals surface area contributed by atoms with Gasteiger partial charge in [0.2, 0.25) is 0 Å². The van der Waals surface area contributed by atoms with E-state index in [0.29, 0.717) is 11.5 Å². The molecule has 27 heavy (non-hydrogen) atoms. The number of fused-ring (bicyclic) bond motifs is 1. The molecule has 1 amide bonds. The average molecular weight is 362 g/mol. The smallest absolute Gasteiger partial charge is 0.412 e. The van der Waals surface area contributed by atoms with Crippen molar-refractivity contribution in [1.29, 1.82) is 0 Å². The van der Waals surface area contributed by atoms with Gasteiger partial charge in [-0.2, -0.15) is 0 Å². The number of ether oxygens (including phenoxy) is 1. The lowest BCUT2D eigenvalue weighted by atomic mass is 10.1. The number of carbonyl (C=O) groups excluding carboxylic acids is 1. The number of aryl methyl sites for hydroxylation is 1. The molecule has 6 heteroatoms. The number of anilines is 1. The molecule has 0 saturated heterocycles. The summed E-state index contributed by atoms with van der Waals surface area (Å²) in [6, 6.07) is 9.63. The Morgan fingerprint density at radius 2 is 1.93 bits per heavy atom. The van der Waals surface area contributed by atoms with Crippen molar-refractivity contribution in [3.63, 3.8) is 0 Å². The number of nitrogens with zero attached hydrogens (tertiary/aromatic N) is 3. The fourth-order valence-corrected chi connectivity index (χ4v) is 2.46. The predicted octanol–water partition coefficient (Wildman–Crippen LogP) is 4.85. The average Bonchev–Trinajstić information content (AvgIpc) is 2.58. The zero-order chi connectivity index (χ0) is 19.4. The van der Waals surface area contributed by atoms with Gasteiger partial charge >= 0.3 is 6.09 Å². The van der Waals surface area contributed by atoms with Gasteiger partial charge in [0.1, 0.15) is 5.60 Å². The third-order valence-corrected chi connectivity index (χ3v) is 3.59. The molecule has 0 bridgehead atoms. The summed E-state index contributed by atoms with van der Waals surface area (Å²) >= 11 is 0. The standard InChI is InChI=1S/C21H22N4O2/c1-14-9-10-22-19(24-14)8-6-15-5-7-18-16(11-15)12-17(13-23-18)25-20(26)27-21(2,3)4/h5-13H,1-4H3,(H,25,26)/b8-6+. The summed E-state index contributed by atoms with van der Waals surface area (Å²) < 4.78 is 5.27. The van der Waals surface area contributed by atoms with E-state index in [-0.39, 0.29) is 0 Å². The molecule has 1 aromatic carbocycles. The van der Waals surface area contributed by atoms with Crippen LogP contribution < -0.4 is 5.32 Å². The van der Waals surface area contributed by atoms with Crippen LogP contribution in [0.15, 0.2) is 42.7 Å². The van der Waals surface area contributed by atoms with Crippen molar-refractivity contribution < 1.29 is 9.53 Å². The van der Waals surface area contributed by atoms with Gasteiger partial charge in [0, 0.05) is 17.3 Å². The van der Waals surface area contributed by atoms with Crippen LogP contribution >= 0.6 is 0 Å². The number of rotatable bonds is 3. The number of benzene rings is 1. The molecule has 0 aliphatic rings. The van der Waals surface area contributed by atoms with Gasteiger partial charge < -0.3 is 4.74 Å². The minimum Gasteiger partial charge on any atom is -0.444 e. The summed E-state index contributed by atoms with van der Waals surface area (Å²) in [5.41, 5.74) is 2.78. The molecule has 3 rings (SSSR count). The first-order valence-electron chi connectivity index (χ1n) is 8.66. The maximum absolute atomic E-state index is 11.9. The minimum absolute atomic E-state index is 0.503. The van der Waals surface area contributed by atoms with Crippen LogP contribution in [-0.4, -0.2) is 26.6 Å². The van der Waals surface area contributed by atoms with Crippen molar-refractivity contribution in [2.75, 3.05) is 5.32 Å². The van der Waals surface area contributed by atoms with Gasteiger partial charge in [-0.05, 0) is 63.6 Å². The van der Waals surface area contributed by atoms with Crippen molar-refractivity contribution >= 4 is 34.8 Å². The van der Waals surface area contributed by atoms with E-state index in [9.17, 15) is 4.79 Å². The molecule has 0 atom stereocenters. The molecule has 0 radical (unpaired) electrons. The Hall–Kier alpha value is -3.28. The van der Waals surface area contributed by atoms with Crippen LogP contribution in [0.25, 0.3) is 23.1 Å². The first kappa shape index (κ1) is 18.5. The molecular formula is C21H22N4O2. The monoisotopic (exact) mass is 362 g/mol. The van der Waals surface area contributed by atoms with Crippen LogP contribution in [0, 0.1) is 6.92 Å². The van der Waals surface area contributed by atoms with Crippen molar-refractivity contribution in [3.05, 3.63) is 59.8 Å². The van der Waals surface area contributed by atoms with Gasteiger partial charge in [0.25, 0.3) is 0 Å². The summed E-state index contributed by atoms with van der Waals surface area (Å²) in [6.07, 6.45) is 6.66. The van der Waals surface area contributed by atoms with E-state index in [1.807, 2.05) is 70.2 Å². The van der Waals surface area contributed by atoms with E-state index in [4.69, 9.17) is 4.74 Å². The maximum atomic E-state index is 11.9. The normalized spacial score (nSPS) is 11.7. The number of pyridine rings is 1. The number of aromatic nitrogens is 3. The van der Waals surface area contributed by atoms with Crippen molar-refractivity contribution in [1.82, 2.24) is 15.0 Å². The summed E-state index contributed by atoms with van der Waals surface area (Å²) in [7, 11) is 0. The third-order valence-electron chi connectivity index (χ3n) is 3.59. The SMILES string of the molecule is Cc1ccnc(/C=C/c2ccc3ncc(NC(=O)OC(C)(C)C)cc3c2)n1. The van der Waals surface area contributed by atoms with Crippen LogP contribution in [0.1, 0.15) is 37.9 Å². The topological polar surface area (TPSA) is 77.0 Å². The zero-order valence-corrected chi connectivity index (χ0v) is 15.9. The molecule has 0 unspecified atom stereocenters. The van der Waals surface area contributed by atoms with Crippen LogP contribution in [0.5, 0.6) is 0 Å². The van der Waals surface area contributed by atoms with Crippen LogP contribution in [0.2, 0.25) is 0 Å². The van der Waals surface area contributed by atoms with E-state index >= 15 is 0 Å². The van der Waals surface area contributed by atoms with Gasteiger partial charge in [-0.15, -0.1) is 0 Å². The number of nitrogens with one attached hydrogen (secondary N) is 1. The summed E-state index contributed by atoms with van der Waals surface area (Å²) in [5.74, 6) is 0.661. The minimum atomic E-state index is -0.551. The molecule has 2 heterocycles. The summed E-state index contributed by atoms with van der Waals surface area (Å²) in [6.45, 7) is 7.39. The van der Waals surface area contributed by atoms with Crippen molar-refractivity contribution in [3.8, 4) is 0 Å². The van der Waals surface area contributed by atoms with Gasteiger partial charge in [0.05, 0.1) is 17.4 Å². The van der Waals surface area contributed by atoms with E-state index in [2.05, 4.69) is 20.3 Å². The highest BCUT2D eigenvalue weighted by atomic mass is 16.6. The first-order valence-corrected chi connectivity index (χ1v) is 8.66. The molecule has 0 saturated carbocycles. The van der Waals surface area contributed by atoms with E-state index in [0.717, 1.165) is 22.2 Å². The Morgan fingerprint density at radius 1 is 1.11 bits per heavy atom. The molecule has 0 aliphatic carbocycles. The van der Waals surface area contributed by atoms with Gasteiger partial charge in [-0.25, -0.2) is 14.8 Å². The highest BCUT2D eigenvalue weighted by Crippen LogP contribution is 2.20. The van der Waals surface area contributed by atoms with Gasteiger partial charge in [-0.1, -0.05) is 12.1 Å². The van der Waals surface area contributed by atoms with Gasteiger partial charge in [-0.3, -0.25) is 10.3 Å². The summed E-state index contributed by atoms with van der Waals surface area (Å²) in [5, 5.41) is 3.63. The lowest BCUT2D eigenvalue weighted by Crippen LogP contribution is -2.27. The molecule has 138 valence electrons. The summed E-state index contributed by atoms with van der Waals surface area (Å²) in [4.78, 5) is 24.9. The second kappa shape index (κ2) is 7.53. The molecule has 0 spiro atoms. The van der Waals surface area contributed by atoms with Crippen molar-refractivity contribution in [2.24, 2.45) is 0 Å². The second-order valence-electron chi connectivity index (χ2n) is 7.19. The lowest BCUT2D eigenvalue weighted by Gasteiger charge is -2.19. The molecule has 0 aliphatic heterocycles. The Labute approximate surface area is 158 Å². The fourth-order valence-electron chi connectivity index (χ4n) is 2.46. The quantitative estimate of drug-likeness (QED) is 0.720. The van der Waals surface area contributed by atoms with Crippen LogP contribution in [0.3, 0.4) is 0 Å².